The van der Waals surface area contributed by atoms with Gasteiger partial charge in [-0.15, -0.1) is 11.3 Å². The minimum Gasteiger partial charge on any atom is -0.385 e. The van der Waals surface area contributed by atoms with E-state index in [1.54, 1.807) is 7.11 Å². The van der Waals surface area contributed by atoms with Crippen LogP contribution in [0.1, 0.15) is 29.5 Å². The molecule has 0 aliphatic rings. The molecule has 0 aliphatic heterocycles. The van der Waals surface area contributed by atoms with Gasteiger partial charge in [0, 0.05) is 31.3 Å². The molecule has 0 aliphatic carbocycles. The molecule has 0 radical (unpaired) electrons. The summed E-state index contributed by atoms with van der Waals surface area (Å²) in [5, 5.41) is 5.62. The van der Waals surface area contributed by atoms with E-state index in [0.717, 1.165) is 44.2 Å². The Kier molecular flexibility index (Phi) is 5.61. The zero-order chi connectivity index (χ0) is 14.4. The SMILES string of the molecule is CCc1ccsc1CNc1nc(C)cn1CCCOC. The number of methoxy groups -OCH3 is 1. The molecule has 2 aromatic rings. The molecule has 20 heavy (non-hydrogen) atoms. The zero-order valence-corrected chi connectivity index (χ0v) is 13.3. The van der Waals surface area contributed by atoms with Crippen LogP contribution >= 0.6 is 11.3 Å². The van der Waals surface area contributed by atoms with Gasteiger partial charge in [0.05, 0.1) is 12.2 Å². The van der Waals surface area contributed by atoms with Crippen LogP contribution in [0.4, 0.5) is 5.95 Å². The van der Waals surface area contributed by atoms with Crippen LogP contribution in [0.3, 0.4) is 0 Å². The van der Waals surface area contributed by atoms with Crippen molar-refractivity contribution < 1.29 is 4.74 Å². The number of anilines is 1. The average molecular weight is 293 g/mol. The van der Waals surface area contributed by atoms with E-state index in [1.807, 2.05) is 18.3 Å². The van der Waals surface area contributed by atoms with Crippen molar-refractivity contribution in [2.24, 2.45) is 0 Å². The van der Waals surface area contributed by atoms with Gasteiger partial charge >= 0.3 is 0 Å². The Balaban J connectivity index is 1.98. The lowest BCUT2D eigenvalue weighted by Gasteiger charge is -2.09. The molecule has 0 saturated heterocycles. The number of aromatic nitrogens is 2. The van der Waals surface area contributed by atoms with E-state index in [9.17, 15) is 0 Å². The molecule has 0 spiro atoms. The molecule has 2 rings (SSSR count). The first-order valence-electron chi connectivity index (χ1n) is 7.06. The lowest BCUT2D eigenvalue weighted by atomic mass is 10.2. The highest BCUT2D eigenvalue weighted by Crippen LogP contribution is 2.19. The highest BCUT2D eigenvalue weighted by molar-refractivity contribution is 7.10. The molecule has 0 unspecified atom stereocenters. The van der Waals surface area contributed by atoms with Gasteiger partial charge in [0.1, 0.15) is 0 Å². The molecular weight excluding hydrogens is 270 g/mol. The summed E-state index contributed by atoms with van der Waals surface area (Å²) in [6, 6.07) is 2.21. The average Bonchev–Trinajstić information content (AvgIpc) is 3.03. The molecule has 0 bridgehead atoms. The lowest BCUT2D eigenvalue weighted by Crippen LogP contribution is -2.08. The predicted octanol–water partition coefficient (Wildman–Crippen LogP) is 3.46. The normalized spacial score (nSPS) is 10.9. The van der Waals surface area contributed by atoms with E-state index in [0.29, 0.717) is 0 Å². The van der Waals surface area contributed by atoms with Gasteiger partial charge in [-0.1, -0.05) is 6.92 Å². The van der Waals surface area contributed by atoms with E-state index in [-0.39, 0.29) is 0 Å². The van der Waals surface area contributed by atoms with Gasteiger partial charge in [-0.2, -0.15) is 0 Å². The van der Waals surface area contributed by atoms with E-state index in [1.165, 1.54) is 10.4 Å². The van der Waals surface area contributed by atoms with Crippen molar-refractivity contribution in [1.29, 1.82) is 0 Å². The largest absolute Gasteiger partial charge is 0.385 e. The van der Waals surface area contributed by atoms with E-state index >= 15 is 0 Å². The van der Waals surface area contributed by atoms with Crippen LogP contribution in [0.15, 0.2) is 17.6 Å². The number of hydrogen-bond donors (Lipinski definition) is 1. The summed E-state index contributed by atoms with van der Waals surface area (Å²) in [5.74, 6) is 0.953. The molecule has 0 atom stereocenters. The smallest absolute Gasteiger partial charge is 0.203 e. The Bertz CT molecular complexity index is 533. The quantitative estimate of drug-likeness (QED) is 0.758. The summed E-state index contributed by atoms with van der Waals surface area (Å²) < 4.78 is 7.28. The van der Waals surface area contributed by atoms with Crippen molar-refractivity contribution in [2.45, 2.75) is 39.8 Å². The Hall–Kier alpha value is -1.33. The van der Waals surface area contributed by atoms with E-state index in [4.69, 9.17) is 4.74 Å². The maximum Gasteiger partial charge on any atom is 0.203 e. The third-order valence-corrected chi connectivity index (χ3v) is 4.23. The van der Waals surface area contributed by atoms with Gasteiger partial charge in [-0.3, -0.25) is 0 Å². The molecule has 4 nitrogen and oxygen atoms in total. The molecule has 0 aromatic carbocycles. The monoisotopic (exact) mass is 293 g/mol. The first-order valence-corrected chi connectivity index (χ1v) is 7.94. The minimum atomic E-state index is 0.779. The van der Waals surface area contributed by atoms with Crippen molar-refractivity contribution in [3.63, 3.8) is 0 Å². The summed E-state index contributed by atoms with van der Waals surface area (Å²) in [5.41, 5.74) is 2.48. The first-order chi connectivity index (χ1) is 9.74. The maximum atomic E-state index is 5.11. The molecule has 110 valence electrons. The van der Waals surface area contributed by atoms with Crippen LogP contribution in [0.5, 0.6) is 0 Å². The molecule has 0 amide bonds. The van der Waals surface area contributed by atoms with E-state index in [2.05, 4.69) is 39.4 Å². The second-order valence-electron chi connectivity index (χ2n) is 4.82. The number of rotatable bonds is 8. The molecule has 0 saturated carbocycles. The van der Waals surface area contributed by atoms with Gasteiger partial charge < -0.3 is 14.6 Å². The molecular formula is C15H23N3OS. The van der Waals surface area contributed by atoms with Gasteiger partial charge in [0.2, 0.25) is 5.95 Å². The topological polar surface area (TPSA) is 39.1 Å². The maximum absolute atomic E-state index is 5.11. The van der Waals surface area contributed by atoms with Gasteiger partial charge in [0.15, 0.2) is 0 Å². The van der Waals surface area contributed by atoms with Crippen LogP contribution in [-0.2, 0) is 24.2 Å². The molecule has 2 heterocycles. The van der Waals surface area contributed by atoms with Gasteiger partial charge in [-0.25, -0.2) is 4.98 Å². The second-order valence-corrected chi connectivity index (χ2v) is 5.82. The minimum absolute atomic E-state index is 0.779. The summed E-state index contributed by atoms with van der Waals surface area (Å²) >= 11 is 1.81. The molecule has 1 N–H and O–H groups in total. The lowest BCUT2D eigenvalue weighted by molar-refractivity contribution is 0.190. The van der Waals surface area contributed by atoms with Crippen molar-refractivity contribution >= 4 is 17.3 Å². The van der Waals surface area contributed by atoms with Crippen molar-refractivity contribution in [2.75, 3.05) is 19.0 Å². The molecule has 5 heteroatoms. The Labute approximate surface area is 124 Å². The van der Waals surface area contributed by atoms with Crippen molar-refractivity contribution in [3.8, 4) is 0 Å². The van der Waals surface area contributed by atoms with Gasteiger partial charge in [0.25, 0.3) is 0 Å². The number of imidazole rings is 1. The van der Waals surface area contributed by atoms with Gasteiger partial charge in [-0.05, 0) is 36.8 Å². The first kappa shape index (κ1) is 15.1. The molecule has 0 fully saturated rings. The Morgan fingerprint density at radius 2 is 2.30 bits per heavy atom. The summed E-state index contributed by atoms with van der Waals surface area (Å²) in [4.78, 5) is 5.96. The summed E-state index contributed by atoms with van der Waals surface area (Å²) in [7, 11) is 1.74. The number of aryl methyl sites for hydroxylation is 3. The summed E-state index contributed by atoms with van der Waals surface area (Å²) in [6.07, 6.45) is 4.18. The third kappa shape index (κ3) is 3.84. The van der Waals surface area contributed by atoms with Crippen molar-refractivity contribution in [3.05, 3.63) is 33.8 Å². The number of thiophene rings is 1. The Morgan fingerprint density at radius 3 is 3.05 bits per heavy atom. The molecule has 2 aromatic heterocycles. The van der Waals surface area contributed by atoms with Crippen LogP contribution in [0.2, 0.25) is 0 Å². The van der Waals surface area contributed by atoms with Crippen LogP contribution in [0.25, 0.3) is 0 Å². The fourth-order valence-corrected chi connectivity index (χ4v) is 3.15. The zero-order valence-electron chi connectivity index (χ0n) is 12.5. The number of nitrogens with one attached hydrogen (secondary N) is 1. The standard InChI is InChI=1S/C15H23N3OS/c1-4-13-6-9-20-14(13)10-16-15-17-12(2)11-18(15)7-5-8-19-3/h6,9,11H,4-5,7-8,10H2,1-3H3,(H,16,17). The van der Waals surface area contributed by atoms with Crippen LogP contribution in [-0.4, -0.2) is 23.3 Å². The fraction of sp³-hybridized carbons (Fsp3) is 0.533. The summed E-state index contributed by atoms with van der Waals surface area (Å²) in [6.45, 7) is 6.78. The number of hydrogen-bond acceptors (Lipinski definition) is 4. The highest BCUT2D eigenvalue weighted by atomic mass is 32.1. The highest BCUT2D eigenvalue weighted by Gasteiger charge is 2.07. The second kappa shape index (κ2) is 7.45. The van der Waals surface area contributed by atoms with E-state index < -0.39 is 0 Å². The Morgan fingerprint density at radius 1 is 1.45 bits per heavy atom. The van der Waals surface area contributed by atoms with Crippen molar-refractivity contribution in [1.82, 2.24) is 9.55 Å². The number of nitrogens with zero attached hydrogens (tertiary/aromatic N) is 2. The third-order valence-electron chi connectivity index (χ3n) is 3.27. The number of ether oxygens (including phenoxy) is 1. The fourth-order valence-electron chi connectivity index (χ4n) is 2.23. The van der Waals surface area contributed by atoms with Crippen LogP contribution in [0, 0.1) is 6.92 Å². The van der Waals surface area contributed by atoms with Crippen LogP contribution < -0.4 is 5.32 Å². The predicted molar refractivity (Wildman–Crippen MR) is 84.5 cm³/mol.